The first-order valence-electron chi connectivity index (χ1n) is 9.72. The lowest BCUT2D eigenvalue weighted by atomic mass is 9.88. The maximum absolute atomic E-state index is 13.8. The summed E-state index contributed by atoms with van der Waals surface area (Å²) in [5.41, 5.74) is -0.560. The van der Waals surface area contributed by atoms with E-state index in [1.807, 2.05) is 6.92 Å². The van der Waals surface area contributed by atoms with Gasteiger partial charge in [0.1, 0.15) is 5.82 Å². The van der Waals surface area contributed by atoms with Crippen LogP contribution in [0.1, 0.15) is 69.0 Å². The molecule has 0 saturated heterocycles. The van der Waals surface area contributed by atoms with Crippen LogP contribution in [0.3, 0.4) is 0 Å². The maximum atomic E-state index is 13.8. The van der Waals surface area contributed by atoms with Gasteiger partial charge in [-0.2, -0.15) is 0 Å². The van der Waals surface area contributed by atoms with Gasteiger partial charge in [-0.1, -0.05) is 20.8 Å². The summed E-state index contributed by atoms with van der Waals surface area (Å²) < 4.78 is 27.7. The fourth-order valence-corrected chi connectivity index (χ4v) is 3.49. The van der Waals surface area contributed by atoms with Crippen molar-refractivity contribution in [2.75, 3.05) is 11.9 Å². The second-order valence-electron chi connectivity index (χ2n) is 9.12. The molecule has 0 saturated carbocycles. The average Bonchev–Trinajstić information content (AvgIpc) is 2.99. The zero-order chi connectivity index (χ0) is 22.9. The van der Waals surface area contributed by atoms with Crippen molar-refractivity contribution in [2.24, 2.45) is 5.41 Å². The molecule has 2 rings (SSSR count). The van der Waals surface area contributed by atoms with Crippen LogP contribution in [0.15, 0.2) is 12.3 Å². The quantitative estimate of drug-likeness (QED) is 0.576. The van der Waals surface area contributed by atoms with E-state index in [9.17, 15) is 18.7 Å². The first-order chi connectivity index (χ1) is 13.7. The monoisotopic (exact) mass is 440 g/mol. The number of hydrogen-bond donors (Lipinski definition) is 3. The number of hydrogen-bond acceptors (Lipinski definition) is 6. The minimum atomic E-state index is -2.71. The minimum absolute atomic E-state index is 0.0255. The highest BCUT2D eigenvalue weighted by Crippen LogP contribution is 2.37. The molecule has 0 spiro atoms. The summed E-state index contributed by atoms with van der Waals surface area (Å²) in [6, 6.07) is 1.38. The van der Waals surface area contributed by atoms with E-state index in [0.29, 0.717) is 16.4 Å². The molecular formula is C21H30F2N4O2S. The Kier molecular flexibility index (Phi) is 7.19. The Balaban J connectivity index is 2.35. The predicted molar refractivity (Wildman–Crippen MR) is 116 cm³/mol. The number of nitrogens with zero attached hydrogens (tertiary/aromatic N) is 2. The lowest BCUT2D eigenvalue weighted by Gasteiger charge is -2.28. The number of pyridine rings is 1. The van der Waals surface area contributed by atoms with Gasteiger partial charge in [0.05, 0.1) is 16.2 Å². The van der Waals surface area contributed by atoms with Crippen molar-refractivity contribution in [3.8, 4) is 10.4 Å². The zero-order valence-electron chi connectivity index (χ0n) is 18.4. The van der Waals surface area contributed by atoms with Crippen molar-refractivity contribution in [1.82, 2.24) is 15.3 Å². The van der Waals surface area contributed by atoms with E-state index >= 15 is 0 Å². The molecule has 0 aliphatic rings. The molecule has 1 atom stereocenters. The molecule has 1 amide bonds. The van der Waals surface area contributed by atoms with Crippen LogP contribution >= 0.6 is 11.3 Å². The smallest absolute Gasteiger partial charge is 0.280 e. The van der Waals surface area contributed by atoms with Crippen LogP contribution in [0, 0.1) is 12.3 Å². The third kappa shape index (κ3) is 6.18. The highest BCUT2D eigenvalue weighted by atomic mass is 32.1. The number of thiazole rings is 1. The van der Waals surface area contributed by atoms with Crippen LogP contribution in [0.2, 0.25) is 0 Å². The van der Waals surface area contributed by atoms with Crippen molar-refractivity contribution in [1.29, 1.82) is 0 Å². The Morgan fingerprint density at radius 1 is 1.27 bits per heavy atom. The molecule has 3 N–H and O–H groups in total. The van der Waals surface area contributed by atoms with E-state index in [1.54, 1.807) is 20.8 Å². The van der Waals surface area contributed by atoms with Gasteiger partial charge in [0.25, 0.3) is 12.3 Å². The summed E-state index contributed by atoms with van der Waals surface area (Å²) in [5, 5.41) is 15.7. The summed E-state index contributed by atoms with van der Waals surface area (Å²) in [5.74, 6) is -0.0814. The van der Waals surface area contributed by atoms with Crippen LogP contribution in [-0.2, 0) is 0 Å². The predicted octanol–water partition coefficient (Wildman–Crippen LogP) is 4.80. The van der Waals surface area contributed by atoms with Gasteiger partial charge in [0, 0.05) is 29.9 Å². The molecule has 0 aliphatic carbocycles. The summed E-state index contributed by atoms with van der Waals surface area (Å²) in [4.78, 5) is 21.3. The van der Waals surface area contributed by atoms with Gasteiger partial charge in [0.2, 0.25) is 0 Å². The van der Waals surface area contributed by atoms with Crippen LogP contribution in [0.25, 0.3) is 10.4 Å². The van der Waals surface area contributed by atoms with E-state index in [2.05, 4.69) is 41.4 Å². The molecule has 0 bridgehead atoms. The van der Waals surface area contributed by atoms with Crippen molar-refractivity contribution in [3.05, 3.63) is 28.5 Å². The third-order valence-corrected chi connectivity index (χ3v) is 5.94. The maximum Gasteiger partial charge on any atom is 0.280 e. The molecule has 9 heteroatoms. The van der Waals surface area contributed by atoms with E-state index in [-0.39, 0.29) is 34.1 Å². The Morgan fingerprint density at radius 2 is 1.90 bits per heavy atom. The molecule has 0 fully saturated rings. The van der Waals surface area contributed by atoms with Gasteiger partial charge in [-0.05, 0) is 39.2 Å². The van der Waals surface area contributed by atoms with Gasteiger partial charge in [0.15, 0.2) is 5.01 Å². The Bertz CT molecular complexity index is 901. The molecule has 6 nitrogen and oxygen atoms in total. The third-order valence-electron chi connectivity index (χ3n) is 4.75. The molecule has 0 radical (unpaired) electrons. The lowest BCUT2D eigenvalue weighted by molar-refractivity contribution is 0.0694. The van der Waals surface area contributed by atoms with Gasteiger partial charge < -0.3 is 15.7 Å². The minimum Gasteiger partial charge on any atom is -0.389 e. The van der Waals surface area contributed by atoms with Gasteiger partial charge >= 0.3 is 0 Å². The number of carbonyl (C=O) groups is 1. The number of aryl methyl sites for hydroxylation is 1. The molecule has 2 heterocycles. The highest BCUT2D eigenvalue weighted by Gasteiger charge is 2.25. The molecule has 30 heavy (non-hydrogen) atoms. The molecule has 0 aromatic carbocycles. The summed E-state index contributed by atoms with van der Waals surface area (Å²) in [6.07, 6.45) is -1.31. The van der Waals surface area contributed by atoms with Crippen LogP contribution in [0.5, 0.6) is 0 Å². The fourth-order valence-electron chi connectivity index (χ4n) is 2.47. The van der Waals surface area contributed by atoms with Crippen molar-refractivity contribution in [2.45, 2.75) is 66.5 Å². The normalized spacial score (nSPS) is 13.4. The zero-order valence-corrected chi connectivity index (χ0v) is 19.2. The highest BCUT2D eigenvalue weighted by molar-refractivity contribution is 7.17. The summed E-state index contributed by atoms with van der Waals surface area (Å²) in [7, 11) is 0. The SMILES string of the molecule is Cc1nc(C(=O)NCC(C)(C)O)sc1-c1cnc(NC(C)C(C)(C)C)cc1C(F)F. The summed E-state index contributed by atoms with van der Waals surface area (Å²) in [6.45, 7) is 13.0. The van der Waals surface area contributed by atoms with Crippen molar-refractivity contribution >= 4 is 23.1 Å². The van der Waals surface area contributed by atoms with Gasteiger partial charge in [-0.25, -0.2) is 18.7 Å². The van der Waals surface area contributed by atoms with E-state index < -0.39 is 17.9 Å². The van der Waals surface area contributed by atoms with E-state index in [0.717, 1.165) is 11.3 Å². The fraction of sp³-hybridized carbons (Fsp3) is 0.571. The molecule has 1 unspecified atom stereocenters. The van der Waals surface area contributed by atoms with Crippen LogP contribution < -0.4 is 10.6 Å². The Hall–Kier alpha value is -2.13. The Labute approximate surface area is 180 Å². The lowest BCUT2D eigenvalue weighted by Crippen LogP contribution is -2.38. The number of nitrogens with one attached hydrogen (secondary N) is 2. The van der Waals surface area contributed by atoms with Crippen molar-refractivity contribution in [3.63, 3.8) is 0 Å². The number of anilines is 1. The summed E-state index contributed by atoms with van der Waals surface area (Å²) >= 11 is 1.03. The number of aliphatic hydroxyl groups is 1. The Morgan fingerprint density at radius 3 is 2.43 bits per heavy atom. The van der Waals surface area contributed by atoms with Gasteiger partial charge in [-0.15, -0.1) is 11.3 Å². The second-order valence-corrected chi connectivity index (χ2v) is 10.1. The van der Waals surface area contributed by atoms with E-state index in [4.69, 9.17) is 0 Å². The second kappa shape index (κ2) is 8.93. The first kappa shape index (κ1) is 24.1. The molecule has 2 aromatic rings. The number of rotatable bonds is 7. The molecular weight excluding hydrogens is 410 g/mol. The number of carbonyl (C=O) groups excluding carboxylic acids is 1. The first-order valence-corrected chi connectivity index (χ1v) is 10.5. The molecule has 2 aromatic heterocycles. The number of amides is 1. The average molecular weight is 441 g/mol. The van der Waals surface area contributed by atoms with Crippen LogP contribution in [0.4, 0.5) is 14.6 Å². The standard InChI is InChI=1S/C21H30F2N4O2S/c1-11-16(30-19(26-11)18(28)25-10-21(6,7)29)14-9-24-15(8-13(14)17(22)23)27-12(2)20(3,4)5/h8-9,12,17,29H,10H2,1-7H3,(H,24,27)(H,25,28). The number of aromatic nitrogens is 2. The largest absolute Gasteiger partial charge is 0.389 e. The number of halogens is 2. The van der Waals surface area contributed by atoms with Gasteiger partial charge in [-0.3, -0.25) is 4.79 Å². The van der Waals surface area contributed by atoms with Crippen LogP contribution in [-0.4, -0.2) is 39.2 Å². The molecule has 166 valence electrons. The van der Waals surface area contributed by atoms with E-state index in [1.165, 1.54) is 12.3 Å². The topological polar surface area (TPSA) is 87.1 Å². The number of alkyl halides is 2. The molecule has 0 aliphatic heterocycles. The van der Waals surface area contributed by atoms with Crippen molar-refractivity contribution < 1.29 is 18.7 Å².